The minimum absolute atomic E-state index is 0.228. The van der Waals surface area contributed by atoms with E-state index >= 15 is 0 Å². The number of hydrogen-bond acceptors (Lipinski definition) is 2. The fourth-order valence-corrected chi connectivity index (χ4v) is 4.85. The summed E-state index contributed by atoms with van der Waals surface area (Å²) >= 11 is 0. The Kier molecular flexibility index (Phi) is 3.94. The van der Waals surface area contributed by atoms with Crippen molar-refractivity contribution < 1.29 is 5.11 Å². The number of para-hydroxylation sites is 1. The highest BCUT2D eigenvalue weighted by Gasteiger charge is 2.37. The number of fused-ring (bicyclic) bond motifs is 4. The number of aliphatic hydroxyl groups is 1. The highest BCUT2D eigenvalue weighted by Crippen LogP contribution is 2.42. The summed E-state index contributed by atoms with van der Waals surface area (Å²) in [5.41, 5.74) is 4.38. The van der Waals surface area contributed by atoms with Crippen LogP contribution in [0.2, 0.25) is 0 Å². The molecule has 3 saturated heterocycles. The van der Waals surface area contributed by atoms with Crippen LogP contribution in [-0.4, -0.2) is 40.3 Å². The van der Waals surface area contributed by atoms with Gasteiger partial charge in [-0.3, -0.25) is 0 Å². The van der Waals surface area contributed by atoms with Crippen LogP contribution in [0.25, 0.3) is 10.9 Å². The van der Waals surface area contributed by atoms with Gasteiger partial charge in [-0.2, -0.15) is 0 Å². The molecule has 3 nitrogen and oxygen atoms in total. The monoisotopic (exact) mass is 312 g/mol. The van der Waals surface area contributed by atoms with Crippen molar-refractivity contribution in [1.29, 1.82) is 0 Å². The third-order valence-corrected chi connectivity index (χ3v) is 6.08. The number of aryl methyl sites for hydroxylation is 2. The Hall–Kier alpha value is -1.32. The van der Waals surface area contributed by atoms with Gasteiger partial charge < -0.3 is 14.6 Å². The lowest BCUT2D eigenvalue weighted by atomic mass is 9.76. The average Bonchev–Trinajstić information content (AvgIpc) is 2.86. The largest absolute Gasteiger partial charge is 0.393 e. The molecule has 1 aromatic carbocycles. The molecular weight excluding hydrogens is 284 g/mol. The van der Waals surface area contributed by atoms with Gasteiger partial charge in [-0.05, 0) is 63.2 Å². The highest BCUT2D eigenvalue weighted by molar-refractivity contribution is 5.85. The van der Waals surface area contributed by atoms with Crippen molar-refractivity contribution in [3.63, 3.8) is 0 Å². The van der Waals surface area contributed by atoms with Gasteiger partial charge in [0.05, 0.1) is 6.10 Å². The van der Waals surface area contributed by atoms with Crippen molar-refractivity contribution in [1.82, 2.24) is 9.47 Å². The first-order valence-electron chi connectivity index (χ1n) is 9.11. The summed E-state index contributed by atoms with van der Waals surface area (Å²) in [5, 5.41) is 11.2. The topological polar surface area (TPSA) is 28.4 Å². The molecule has 2 atom stereocenters. The van der Waals surface area contributed by atoms with Crippen LogP contribution in [0.4, 0.5) is 0 Å². The van der Waals surface area contributed by atoms with E-state index in [1.54, 1.807) is 5.69 Å². The molecule has 0 aliphatic carbocycles. The van der Waals surface area contributed by atoms with Gasteiger partial charge in [0.1, 0.15) is 0 Å². The molecule has 2 unspecified atom stereocenters. The van der Waals surface area contributed by atoms with E-state index in [9.17, 15) is 5.11 Å². The normalized spacial score (nSPS) is 28.4. The van der Waals surface area contributed by atoms with Crippen molar-refractivity contribution in [2.75, 3.05) is 19.6 Å². The summed E-state index contributed by atoms with van der Waals surface area (Å²) in [6.07, 6.45) is 4.30. The number of piperidine rings is 3. The molecule has 3 aliphatic rings. The van der Waals surface area contributed by atoms with E-state index < -0.39 is 0 Å². The molecule has 124 valence electrons. The van der Waals surface area contributed by atoms with Crippen LogP contribution in [0.15, 0.2) is 24.3 Å². The first kappa shape index (κ1) is 15.2. The van der Waals surface area contributed by atoms with E-state index in [2.05, 4.69) is 40.8 Å². The third kappa shape index (κ3) is 2.60. The van der Waals surface area contributed by atoms with Crippen molar-refractivity contribution in [2.45, 2.75) is 44.6 Å². The van der Waals surface area contributed by atoms with Crippen LogP contribution in [0, 0.1) is 5.92 Å². The van der Waals surface area contributed by atoms with Gasteiger partial charge >= 0.3 is 0 Å². The molecule has 0 radical (unpaired) electrons. The van der Waals surface area contributed by atoms with E-state index in [1.165, 1.54) is 48.9 Å². The quantitative estimate of drug-likeness (QED) is 0.938. The Morgan fingerprint density at radius 1 is 1.22 bits per heavy atom. The Bertz CT molecular complexity index is 695. The Labute approximate surface area is 138 Å². The highest BCUT2D eigenvalue weighted by atomic mass is 16.3. The second kappa shape index (κ2) is 5.95. The zero-order valence-corrected chi connectivity index (χ0v) is 14.3. The summed E-state index contributed by atoms with van der Waals surface area (Å²) in [5.74, 6) is 1.51. The van der Waals surface area contributed by atoms with Gasteiger partial charge in [0.2, 0.25) is 0 Å². The lowest BCUT2D eigenvalue weighted by molar-refractivity contribution is 0.0840. The van der Waals surface area contributed by atoms with E-state index in [-0.39, 0.29) is 6.10 Å². The summed E-state index contributed by atoms with van der Waals surface area (Å²) in [4.78, 5) is 2.64. The van der Waals surface area contributed by atoms with E-state index in [1.807, 2.05) is 6.92 Å². The maximum Gasteiger partial charge on any atom is 0.0515 e. The maximum absolute atomic E-state index is 9.78. The van der Waals surface area contributed by atoms with Crippen molar-refractivity contribution in [2.24, 2.45) is 13.0 Å². The van der Waals surface area contributed by atoms with Crippen LogP contribution in [0.1, 0.15) is 43.4 Å². The number of nitrogens with zero attached hydrogens (tertiary/aromatic N) is 2. The SMILES string of the molecule is CC(O)CCc1c(C2CN3CCC2CC3)n(C)c2ccccc12. The first-order chi connectivity index (χ1) is 11.1. The maximum atomic E-state index is 9.78. The Balaban J connectivity index is 1.80. The van der Waals surface area contributed by atoms with Gasteiger partial charge in [0.15, 0.2) is 0 Å². The summed E-state index contributed by atoms with van der Waals surface area (Å²) in [6.45, 7) is 5.69. The first-order valence-corrected chi connectivity index (χ1v) is 9.11. The number of aliphatic hydroxyl groups excluding tert-OH is 1. The lowest BCUT2D eigenvalue weighted by Gasteiger charge is -2.45. The van der Waals surface area contributed by atoms with Gasteiger partial charge in [0.25, 0.3) is 0 Å². The molecule has 0 saturated carbocycles. The zero-order chi connectivity index (χ0) is 16.0. The number of hydrogen-bond donors (Lipinski definition) is 1. The third-order valence-electron chi connectivity index (χ3n) is 6.08. The molecule has 1 aromatic heterocycles. The second-order valence-corrected chi connectivity index (χ2v) is 7.57. The van der Waals surface area contributed by atoms with Crippen LogP contribution >= 0.6 is 0 Å². The van der Waals surface area contributed by atoms with Gasteiger partial charge in [-0.1, -0.05) is 18.2 Å². The fraction of sp³-hybridized carbons (Fsp3) is 0.600. The van der Waals surface area contributed by atoms with Gasteiger partial charge in [-0.15, -0.1) is 0 Å². The van der Waals surface area contributed by atoms with E-state index in [4.69, 9.17) is 0 Å². The smallest absolute Gasteiger partial charge is 0.0515 e. The Morgan fingerprint density at radius 3 is 2.61 bits per heavy atom. The lowest BCUT2D eigenvalue weighted by Crippen LogP contribution is -2.46. The average molecular weight is 312 g/mol. The minimum atomic E-state index is -0.228. The molecule has 1 N–H and O–H groups in total. The van der Waals surface area contributed by atoms with Crippen molar-refractivity contribution >= 4 is 10.9 Å². The Morgan fingerprint density at radius 2 is 1.96 bits per heavy atom. The standard InChI is InChI=1S/C20H28N2O/c1-14(23)7-8-17-16-5-3-4-6-19(16)21(2)20(17)18-13-22-11-9-15(18)10-12-22/h3-6,14-15,18,23H,7-13H2,1-2H3. The van der Waals surface area contributed by atoms with Crippen LogP contribution < -0.4 is 0 Å². The molecule has 0 spiro atoms. The summed E-state index contributed by atoms with van der Waals surface area (Å²) < 4.78 is 2.44. The van der Waals surface area contributed by atoms with Crippen LogP contribution in [0.5, 0.6) is 0 Å². The molecule has 3 heteroatoms. The molecule has 23 heavy (non-hydrogen) atoms. The molecule has 3 aliphatic heterocycles. The van der Waals surface area contributed by atoms with Crippen LogP contribution in [0.3, 0.4) is 0 Å². The second-order valence-electron chi connectivity index (χ2n) is 7.57. The number of rotatable bonds is 4. The van der Waals surface area contributed by atoms with E-state index in [0.717, 1.165) is 18.8 Å². The molecule has 0 amide bonds. The van der Waals surface area contributed by atoms with Gasteiger partial charge in [-0.25, -0.2) is 0 Å². The van der Waals surface area contributed by atoms with Crippen molar-refractivity contribution in [3.8, 4) is 0 Å². The predicted molar refractivity (Wildman–Crippen MR) is 94.8 cm³/mol. The molecule has 2 bridgehead atoms. The van der Waals surface area contributed by atoms with E-state index in [0.29, 0.717) is 5.92 Å². The van der Waals surface area contributed by atoms with Gasteiger partial charge in [0, 0.05) is 36.1 Å². The molecule has 3 fully saturated rings. The molecule has 2 aromatic rings. The molecule has 5 rings (SSSR count). The minimum Gasteiger partial charge on any atom is -0.393 e. The molecular formula is C20H28N2O. The summed E-state index contributed by atoms with van der Waals surface area (Å²) in [7, 11) is 2.24. The molecule has 4 heterocycles. The predicted octanol–water partition coefficient (Wildman–Crippen LogP) is 3.30. The van der Waals surface area contributed by atoms with Crippen LogP contribution in [-0.2, 0) is 13.5 Å². The number of benzene rings is 1. The summed E-state index contributed by atoms with van der Waals surface area (Å²) in [6, 6.07) is 8.79. The zero-order valence-electron chi connectivity index (χ0n) is 14.3. The fourth-order valence-electron chi connectivity index (χ4n) is 4.85. The van der Waals surface area contributed by atoms with Crippen molar-refractivity contribution in [3.05, 3.63) is 35.5 Å². The number of aromatic nitrogens is 1.